The number of amides is 1. The van der Waals surface area contributed by atoms with E-state index in [9.17, 15) is 28.8 Å². The summed E-state index contributed by atoms with van der Waals surface area (Å²) in [6.45, 7) is 4.89. The van der Waals surface area contributed by atoms with Crippen molar-refractivity contribution in [3.63, 3.8) is 0 Å². The highest BCUT2D eigenvalue weighted by molar-refractivity contribution is 5.96. The molecule has 12 heteroatoms. The van der Waals surface area contributed by atoms with E-state index in [1.54, 1.807) is 44.2 Å². The molecular formula is C48H54N2O10. The molecule has 1 heterocycles. The Hall–Kier alpha value is -6.69. The number of nitrogens with one attached hydrogen (secondary N) is 1. The van der Waals surface area contributed by atoms with Crippen LogP contribution in [-0.4, -0.2) is 60.3 Å². The number of aromatic nitrogens is 1. The monoisotopic (exact) mass is 818 g/mol. The van der Waals surface area contributed by atoms with E-state index in [-0.39, 0.29) is 54.2 Å². The Kier molecular flexibility index (Phi) is 21.5. The van der Waals surface area contributed by atoms with E-state index in [2.05, 4.69) is 59.8 Å². The van der Waals surface area contributed by atoms with Gasteiger partial charge in [-0.15, -0.1) is 0 Å². The van der Waals surface area contributed by atoms with Crippen molar-refractivity contribution in [1.82, 2.24) is 10.3 Å². The molecule has 1 unspecified atom stereocenters. The van der Waals surface area contributed by atoms with Crippen LogP contribution in [0.25, 0.3) is 0 Å². The molecule has 2 aromatic carbocycles. The van der Waals surface area contributed by atoms with Gasteiger partial charge in [0.25, 0.3) is 5.91 Å². The number of esters is 4. The molecule has 0 radical (unpaired) electrons. The third-order valence-electron chi connectivity index (χ3n) is 8.57. The second-order valence-electron chi connectivity index (χ2n) is 14.0. The molecule has 12 nitrogen and oxygen atoms in total. The minimum Gasteiger partial charge on any atom is -0.465 e. The molecule has 3 aromatic rings. The summed E-state index contributed by atoms with van der Waals surface area (Å²) >= 11 is 0. The molecule has 1 aromatic heterocycles. The number of pyridine rings is 1. The fraction of sp³-hybridized carbons (Fsp3) is 0.312. The smallest absolute Gasteiger partial charge is 0.347 e. The first-order valence-corrected chi connectivity index (χ1v) is 19.9. The topological polar surface area (TPSA) is 164 Å². The summed E-state index contributed by atoms with van der Waals surface area (Å²) < 4.78 is 22.0. The molecule has 0 aliphatic heterocycles. The largest absolute Gasteiger partial charge is 0.465 e. The lowest BCUT2D eigenvalue weighted by molar-refractivity contribution is -0.153. The van der Waals surface area contributed by atoms with Crippen molar-refractivity contribution in [2.45, 2.75) is 78.2 Å². The molecule has 60 heavy (non-hydrogen) atoms. The maximum absolute atomic E-state index is 13.5. The average molecular weight is 819 g/mol. The van der Waals surface area contributed by atoms with E-state index in [4.69, 9.17) is 18.9 Å². The van der Waals surface area contributed by atoms with Gasteiger partial charge in [0.15, 0.2) is 12.4 Å². The molecule has 0 bridgehead atoms. The summed E-state index contributed by atoms with van der Waals surface area (Å²) in [5.41, 5.74) is -0.981. The van der Waals surface area contributed by atoms with Crippen LogP contribution in [0.5, 0.6) is 11.5 Å². The number of rotatable bonds is 25. The van der Waals surface area contributed by atoms with Gasteiger partial charge in [-0.2, -0.15) is 0 Å². The van der Waals surface area contributed by atoms with Gasteiger partial charge in [0, 0.05) is 30.8 Å². The van der Waals surface area contributed by atoms with Crippen LogP contribution in [0.4, 0.5) is 0 Å². The number of benzene rings is 2. The second kappa shape index (κ2) is 27.1. The maximum atomic E-state index is 13.5. The Morgan fingerprint density at radius 1 is 0.733 bits per heavy atom. The Labute approximate surface area is 352 Å². The van der Waals surface area contributed by atoms with Gasteiger partial charge in [0.05, 0.1) is 17.5 Å². The van der Waals surface area contributed by atoms with E-state index in [0.29, 0.717) is 19.1 Å². The van der Waals surface area contributed by atoms with Gasteiger partial charge in [-0.1, -0.05) is 106 Å². The average Bonchev–Trinajstić information content (AvgIpc) is 3.25. The molecule has 0 aliphatic carbocycles. The number of hydrogen-bond acceptors (Lipinski definition) is 11. The van der Waals surface area contributed by atoms with Crippen LogP contribution in [0.1, 0.15) is 103 Å². The first-order valence-electron chi connectivity index (χ1n) is 19.9. The van der Waals surface area contributed by atoms with Crippen molar-refractivity contribution in [1.29, 1.82) is 0 Å². The van der Waals surface area contributed by atoms with Crippen molar-refractivity contribution >= 4 is 36.1 Å². The molecular weight excluding hydrogens is 765 g/mol. The maximum Gasteiger partial charge on any atom is 0.347 e. The molecule has 0 saturated carbocycles. The summed E-state index contributed by atoms with van der Waals surface area (Å²) in [6, 6.07) is 15.1. The van der Waals surface area contributed by atoms with Crippen molar-refractivity contribution < 1.29 is 47.7 Å². The van der Waals surface area contributed by atoms with Crippen LogP contribution in [-0.2, 0) is 23.9 Å². The summed E-state index contributed by atoms with van der Waals surface area (Å²) in [6.07, 6.45) is 27.5. The third-order valence-corrected chi connectivity index (χ3v) is 8.57. The van der Waals surface area contributed by atoms with Crippen LogP contribution in [0.2, 0.25) is 0 Å². The SMILES string of the molecule is CC/C=C\C/C=C\C/C=C\C/C=C/C=C\CCCC(=O)OCC(C)(C)C(OC(=O)c1cccnc1)C(=O)NCCC(=O)Oc1ccccc1C(=O)Oc1ccccc1C=O. The highest BCUT2D eigenvalue weighted by Gasteiger charge is 2.40. The van der Waals surface area contributed by atoms with Crippen molar-refractivity contribution in [2.24, 2.45) is 5.41 Å². The third kappa shape index (κ3) is 17.8. The fourth-order valence-corrected chi connectivity index (χ4v) is 5.32. The van der Waals surface area contributed by atoms with Crippen LogP contribution >= 0.6 is 0 Å². The molecule has 316 valence electrons. The highest BCUT2D eigenvalue weighted by Crippen LogP contribution is 2.27. The Morgan fingerprint density at radius 2 is 1.40 bits per heavy atom. The van der Waals surface area contributed by atoms with Crippen LogP contribution in [0.3, 0.4) is 0 Å². The zero-order valence-electron chi connectivity index (χ0n) is 34.5. The van der Waals surface area contributed by atoms with E-state index < -0.39 is 41.3 Å². The van der Waals surface area contributed by atoms with Crippen LogP contribution < -0.4 is 14.8 Å². The second-order valence-corrected chi connectivity index (χ2v) is 14.0. The standard InChI is InChI=1S/C48H54N2O10/c1-4-5-6-7-8-9-10-11-12-13-14-15-16-17-18-19-30-42(52)57-36-48(2,3)44(60-46(55)37-26-24-32-49-34-37)45(54)50-33-31-43(53)58-41-29-23-21-27-39(41)47(56)59-40-28-22-20-25-38(40)35-51/h5-6,8-9,11-12,14-17,20-29,32,34-35,44H,4,7,10,13,18-19,30-31,33,36H2,1-3H3,(H,50,54)/b6-5-,9-8-,12-11-,15-14+,17-16-. The van der Waals surface area contributed by atoms with Gasteiger partial charge in [-0.3, -0.25) is 24.2 Å². The molecule has 1 N–H and O–H groups in total. The van der Waals surface area contributed by atoms with Crippen molar-refractivity contribution in [2.75, 3.05) is 13.2 Å². The van der Waals surface area contributed by atoms with E-state index >= 15 is 0 Å². The van der Waals surface area contributed by atoms with Crippen molar-refractivity contribution in [3.05, 3.63) is 151 Å². The van der Waals surface area contributed by atoms with Gasteiger partial charge in [-0.25, -0.2) is 9.59 Å². The van der Waals surface area contributed by atoms with E-state index in [0.717, 1.165) is 25.7 Å². The lowest BCUT2D eigenvalue weighted by Gasteiger charge is -2.32. The number of carbonyl (C=O) groups excluding carboxylic acids is 6. The fourth-order valence-electron chi connectivity index (χ4n) is 5.32. The van der Waals surface area contributed by atoms with Gasteiger partial charge in [0.1, 0.15) is 23.7 Å². The number of ether oxygens (including phenoxy) is 4. The van der Waals surface area contributed by atoms with Crippen LogP contribution in [0, 0.1) is 5.41 Å². The first kappa shape index (κ1) is 47.7. The van der Waals surface area contributed by atoms with E-state index in [1.165, 1.54) is 42.7 Å². The molecule has 1 atom stereocenters. The molecule has 3 rings (SSSR count). The molecule has 0 fully saturated rings. The number of aldehydes is 1. The zero-order valence-corrected chi connectivity index (χ0v) is 34.5. The van der Waals surface area contributed by atoms with E-state index in [1.807, 2.05) is 18.2 Å². The lowest BCUT2D eigenvalue weighted by Crippen LogP contribution is -2.49. The van der Waals surface area contributed by atoms with Gasteiger partial charge in [0.2, 0.25) is 0 Å². The number of allylic oxidation sites excluding steroid dienone is 10. The predicted molar refractivity (Wildman–Crippen MR) is 228 cm³/mol. The summed E-state index contributed by atoms with van der Waals surface area (Å²) in [4.78, 5) is 80.3. The molecule has 0 spiro atoms. The lowest BCUT2D eigenvalue weighted by atomic mass is 9.86. The number of hydrogen-bond donors (Lipinski definition) is 1. The quantitative estimate of drug-likeness (QED) is 0.0217. The normalized spacial score (nSPS) is 12.2. The number of unbranched alkanes of at least 4 members (excludes halogenated alkanes) is 1. The number of carbonyl (C=O) groups is 6. The summed E-state index contributed by atoms with van der Waals surface area (Å²) in [7, 11) is 0. The number of nitrogens with zero attached hydrogens (tertiary/aromatic N) is 1. The molecule has 0 aliphatic rings. The zero-order chi connectivity index (χ0) is 43.4. The summed E-state index contributed by atoms with van der Waals surface area (Å²) in [5.74, 6) is -3.70. The van der Waals surface area contributed by atoms with Crippen molar-refractivity contribution in [3.8, 4) is 11.5 Å². The molecule has 0 saturated heterocycles. The van der Waals surface area contributed by atoms with Gasteiger partial charge in [-0.05, 0) is 74.9 Å². The van der Waals surface area contributed by atoms with Crippen LogP contribution in [0.15, 0.2) is 134 Å². The number of para-hydroxylation sites is 2. The molecule has 1 amide bonds. The highest BCUT2D eigenvalue weighted by atomic mass is 16.6. The minimum absolute atomic E-state index is 0.0411. The Morgan fingerprint density at radius 3 is 2.10 bits per heavy atom. The summed E-state index contributed by atoms with van der Waals surface area (Å²) in [5, 5.41) is 2.60. The first-order chi connectivity index (χ1) is 29.1. The minimum atomic E-state index is -1.44. The predicted octanol–water partition coefficient (Wildman–Crippen LogP) is 8.85. The van der Waals surface area contributed by atoms with Gasteiger partial charge >= 0.3 is 23.9 Å². The van der Waals surface area contributed by atoms with Gasteiger partial charge < -0.3 is 24.3 Å². The Bertz CT molecular complexity index is 2010. The Balaban J connectivity index is 1.50.